The van der Waals surface area contributed by atoms with Gasteiger partial charge in [0.1, 0.15) is 6.10 Å². The van der Waals surface area contributed by atoms with Crippen molar-refractivity contribution in [3.05, 3.63) is 0 Å². The van der Waals surface area contributed by atoms with Gasteiger partial charge in [-0.05, 0) is 27.9 Å². The summed E-state index contributed by atoms with van der Waals surface area (Å²) in [6, 6.07) is 0.538. The fraction of sp³-hybridized carbons (Fsp3) is 0.727. The Labute approximate surface area is 108 Å². The minimum absolute atomic E-state index is 0.0124. The summed E-state index contributed by atoms with van der Waals surface area (Å²) in [5.41, 5.74) is 0. The largest absolute Gasteiger partial charge is 0.464 e. The van der Waals surface area contributed by atoms with Crippen LogP contribution in [0.4, 0.5) is 5.95 Å². The van der Waals surface area contributed by atoms with Crippen molar-refractivity contribution >= 4 is 5.95 Å². The first-order chi connectivity index (χ1) is 8.55. The second-order valence-corrected chi connectivity index (χ2v) is 4.10. The maximum absolute atomic E-state index is 5.63. The van der Waals surface area contributed by atoms with Crippen molar-refractivity contribution in [2.24, 2.45) is 0 Å². The van der Waals surface area contributed by atoms with Gasteiger partial charge >= 0.3 is 12.0 Å². The first-order valence-corrected chi connectivity index (χ1v) is 5.93. The topological polar surface area (TPSA) is 72.4 Å². The van der Waals surface area contributed by atoms with E-state index in [4.69, 9.17) is 9.47 Å². The number of anilines is 1. The van der Waals surface area contributed by atoms with Crippen molar-refractivity contribution < 1.29 is 9.47 Å². The Kier molecular flexibility index (Phi) is 5.57. The van der Waals surface area contributed by atoms with Crippen LogP contribution in [0.25, 0.3) is 0 Å². The Bertz CT molecular complexity index is 372. The third-order valence-electron chi connectivity index (χ3n) is 2.02. The number of nitrogens with one attached hydrogen (secondary N) is 1. The third kappa shape index (κ3) is 4.70. The number of aromatic nitrogens is 3. The molecule has 0 spiro atoms. The Morgan fingerprint density at radius 2 is 1.89 bits per heavy atom. The molecule has 18 heavy (non-hydrogen) atoms. The van der Waals surface area contributed by atoms with E-state index in [1.807, 2.05) is 32.8 Å². The first-order valence-electron chi connectivity index (χ1n) is 5.93. The van der Waals surface area contributed by atoms with Crippen LogP contribution in [0.15, 0.2) is 0 Å². The third-order valence-corrected chi connectivity index (χ3v) is 2.02. The van der Waals surface area contributed by atoms with E-state index in [2.05, 4.69) is 20.3 Å². The summed E-state index contributed by atoms with van der Waals surface area (Å²) in [6.07, 6.45) is -0.0124. The minimum Gasteiger partial charge on any atom is -0.464 e. The average molecular weight is 255 g/mol. The average Bonchev–Trinajstić information content (AvgIpc) is 2.27. The summed E-state index contributed by atoms with van der Waals surface area (Å²) >= 11 is 0. The maximum atomic E-state index is 5.63. The van der Waals surface area contributed by atoms with Crippen LogP contribution in [0.2, 0.25) is 0 Å². The highest BCUT2D eigenvalue weighted by Gasteiger charge is 2.11. The number of ether oxygens (including phenoxy) is 2. The van der Waals surface area contributed by atoms with Crippen LogP contribution in [0.5, 0.6) is 12.0 Å². The van der Waals surface area contributed by atoms with Crippen LogP contribution in [0.3, 0.4) is 0 Å². The number of hydrogen-bond donors (Lipinski definition) is 1. The van der Waals surface area contributed by atoms with Gasteiger partial charge in [-0.1, -0.05) is 0 Å². The van der Waals surface area contributed by atoms with Crippen molar-refractivity contribution in [2.75, 3.05) is 39.6 Å². The highest BCUT2D eigenvalue weighted by Crippen LogP contribution is 2.13. The van der Waals surface area contributed by atoms with Gasteiger partial charge in [0.2, 0.25) is 5.95 Å². The van der Waals surface area contributed by atoms with Gasteiger partial charge in [-0.3, -0.25) is 0 Å². The molecular formula is C11H21N5O2. The summed E-state index contributed by atoms with van der Waals surface area (Å²) in [6.45, 7) is 5.12. The zero-order chi connectivity index (χ0) is 13.5. The van der Waals surface area contributed by atoms with Crippen LogP contribution in [0, 0.1) is 0 Å². The van der Waals surface area contributed by atoms with E-state index in [1.165, 1.54) is 0 Å². The fourth-order valence-corrected chi connectivity index (χ4v) is 1.43. The summed E-state index contributed by atoms with van der Waals surface area (Å²) in [5, 5.41) is 2.85. The number of likely N-dealkylation sites (N-methyl/N-ethyl adjacent to an activating group) is 1. The summed E-state index contributed by atoms with van der Waals surface area (Å²) in [4.78, 5) is 14.3. The van der Waals surface area contributed by atoms with Crippen LogP contribution < -0.4 is 14.8 Å². The molecular weight excluding hydrogens is 234 g/mol. The highest BCUT2D eigenvalue weighted by molar-refractivity contribution is 5.26. The van der Waals surface area contributed by atoms with Gasteiger partial charge in [0.05, 0.1) is 6.61 Å². The van der Waals surface area contributed by atoms with Gasteiger partial charge in [-0.2, -0.15) is 9.97 Å². The molecule has 1 N–H and O–H groups in total. The lowest BCUT2D eigenvalue weighted by molar-refractivity contribution is 0.160. The second kappa shape index (κ2) is 6.95. The molecule has 1 aromatic heterocycles. The molecule has 0 bridgehead atoms. The van der Waals surface area contributed by atoms with Crippen LogP contribution >= 0.6 is 0 Å². The molecule has 0 fully saturated rings. The summed E-state index contributed by atoms with van der Waals surface area (Å²) < 4.78 is 10.9. The van der Waals surface area contributed by atoms with E-state index in [9.17, 15) is 0 Å². The second-order valence-electron chi connectivity index (χ2n) is 4.10. The first kappa shape index (κ1) is 14.4. The fourth-order valence-electron chi connectivity index (χ4n) is 1.43. The van der Waals surface area contributed by atoms with Crippen LogP contribution in [-0.4, -0.2) is 60.3 Å². The van der Waals surface area contributed by atoms with E-state index in [-0.39, 0.29) is 18.1 Å². The van der Waals surface area contributed by atoms with Gasteiger partial charge < -0.3 is 19.7 Å². The molecule has 0 radical (unpaired) electrons. The van der Waals surface area contributed by atoms with E-state index in [1.54, 1.807) is 7.05 Å². The monoisotopic (exact) mass is 255 g/mol. The normalized spacial score (nSPS) is 12.3. The molecule has 0 aliphatic heterocycles. The van der Waals surface area contributed by atoms with E-state index < -0.39 is 0 Å². The molecule has 1 heterocycles. The molecule has 0 aliphatic rings. The van der Waals surface area contributed by atoms with Crippen molar-refractivity contribution in [2.45, 2.75) is 20.0 Å². The molecule has 1 unspecified atom stereocenters. The minimum atomic E-state index is -0.0124. The molecule has 1 aromatic rings. The molecule has 0 aromatic carbocycles. The lowest BCUT2D eigenvalue weighted by atomic mass is 10.4. The van der Waals surface area contributed by atoms with Crippen LogP contribution in [0.1, 0.15) is 13.8 Å². The zero-order valence-electron chi connectivity index (χ0n) is 11.6. The van der Waals surface area contributed by atoms with Crippen molar-refractivity contribution in [3.8, 4) is 12.0 Å². The molecule has 1 rings (SSSR count). The SMILES string of the molecule is CCOc1nc(NC)nc(OC(C)CN(C)C)n1. The van der Waals surface area contributed by atoms with Crippen LogP contribution in [-0.2, 0) is 0 Å². The molecule has 0 saturated carbocycles. The zero-order valence-corrected chi connectivity index (χ0v) is 11.6. The molecule has 0 saturated heterocycles. The van der Waals surface area contributed by atoms with E-state index in [0.29, 0.717) is 12.6 Å². The Balaban J connectivity index is 2.77. The highest BCUT2D eigenvalue weighted by atomic mass is 16.5. The van der Waals surface area contributed by atoms with Gasteiger partial charge in [0.25, 0.3) is 0 Å². The molecule has 0 amide bonds. The molecule has 0 aliphatic carbocycles. The van der Waals surface area contributed by atoms with Gasteiger partial charge in [-0.15, -0.1) is 4.98 Å². The van der Waals surface area contributed by atoms with E-state index in [0.717, 1.165) is 6.54 Å². The van der Waals surface area contributed by atoms with Gasteiger partial charge in [0.15, 0.2) is 0 Å². The maximum Gasteiger partial charge on any atom is 0.324 e. The van der Waals surface area contributed by atoms with Gasteiger partial charge in [0, 0.05) is 13.6 Å². The smallest absolute Gasteiger partial charge is 0.324 e. The molecule has 1 atom stereocenters. The quantitative estimate of drug-likeness (QED) is 0.766. The number of nitrogens with zero attached hydrogens (tertiary/aromatic N) is 4. The predicted octanol–water partition coefficient (Wildman–Crippen LogP) is 0.641. The number of rotatable bonds is 7. The van der Waals surface area contributed by atoms with Crippen molar-refractivity contribution in [1.82, 2.24) is 19.9 Å². The molecule has 7 heteroatoms. The van der Waals surface area contributed by atoms with Gasteiger partial charge in [-0.25, -0.2) is 0 Å². The predicted molar refractivity (Wildman–Crippen MR) is 69.2 cm³/mol. The van der Waals surface area contributed by atoms with Crippen molar-refractivity contribution in [1.29, 1.82) is 0 Å². The van der Waals surface area contributed by atoms with Crippen molar-refractivity contribution in [3.63, 3.8) is 0 Å². The number of hydrogen-bond acceptors (Lipinski definition) is 7. The van der Waals surface area contributed by atoms with E-state index >= 15 is 0 Å². The lowest BCUT2D eigenvalue weighted by Crippen LogP contribution is -2.28. The molecule has 102 valence electrons. The lowest BCUT2D eigenvalue weighted by Gasteiger charge is -2.17. The summed E-state index contributed by atoms with van der Waals surface area (Å²) in [7, 11) is 5.70. The summed E-state index contributed by atoms with van der Waals surface area (Å²) in [5.74, 6) is 0.431. The standard InChI is InChI=1S/C11H21N5O2/c1-6-17-10-13-9(12-3)14-11(15-10)18-8(2)7-16(4)5/h8H,6-7H2,1-5H3,(H,12,13,14,15). The Morgan fingerprint density at radius 1 is 1.22 bits per heavy atom. The Morgan fingerprint density at radius 3 is 2.44 bits per heavy atom. The molecule has 7 nitrogen and oxygen atoms in total. The Hall–Kier alpha value is -1.63.